The van der Waals surface area contributed by atoms with Gasteiger partial charge in [0.25, 0.3) is 5.56 Å². The van der Waals surface area contributed by atoms with Crippen LogP contribution >= 0.6 is 0 Å². The van der Waals surface area contributed by atoms with Crippen molar-refractivity contribution in [1.82, 2.24) is 30.1 Å². The standard InChI is InChI=1S/C22H28N6O5/c1-3-32-21(29)14-28-20(24-25-26-28)13-27(12-18-5-4-8-33-18)11-16-9-15-6-7-17(31-2)10-19(15)23-22(16)30/h6-7,9-10,18H,3-5,8,11-14H2,1-2H3,(H,23,30). The van der Waals surface area contributed by atoms with Crippen LogP contribution in [0, 0.1) is 0 Å². The molecule has 4 rings (SSSR count). The van der Waals surface area contributed by atoms with Gasteiger partial charge in [-0.15, -0.1) is 5.10 Å². The summed E-state index contributed by atoms with van der Waals surface area (Å²) in [6.07, 6.45) is 2.04. The number of rotatable bonds is 10. The summed E-state index contributed by atoms with van der Waals surface area (Å²) in [5, 5.41) is 12.6. The summed E-state index contributed by atoms with van der Waals surface area (Å²) in [7, 11) is 1.59. The van der Waals surface area contributed by atoms with Crippen molar-refractivity contribution in [1.29, 1.82) is 0 Å². The van der Waals surface area contributed by atoms with E-state index in [1.165, 1.54) is 4.68 Å². The second kappa shape index (κ2) is 10.5. The summed E-state index contributed by atoms with van der Waals surface area (Å²) in [5.41, 5.74) is 1.17. The smallest absolute Gasteiger partial charge is 0.327 e. The molecule has 176 valence electrons. The molecule has 3 heterocycles. The van der Waals surface area contributed by atoms with Crippen LogP contribution in [0.25, 0.3) is 10.9 Å². The van der Waals surface area contributed by atoms with Crippen molar-refractivity contribution in [3.63, 3.8) is 0 Å². The highest BCUT2D eigenvalue weighted by Gasteiger charge is 2.23. The zero-order chi connectivity index (χ0) is 23.2. The number of carbonyl (C=O) groups excluding carboxylic acids is 1. The van der Waals surface area contributed by atoms with E-state index in [9.17, 15) is 9.59 Å². The lowest BCUT2D eigenvalue weighted by Crippen LogP contribution is -2.34. The van der Waals surface area contributed by atoms with E-state index in [0.29, 0.717) is 42.3 Å². The Balaban J connectivity index is 1.57. The Bertz CT molecular complexity index is 1150. The van der Waals surface area contributed by atoms with Gasteiger partial charge in [-0.3, -0.25) is 14.5 Å². The summed E-state index contributed by atoms with van der Waals surface area (Å²) in [6, 6.07) is 7.46. The molecule has 0 spiro atoms. The van der Waals surface area contributed by atoms with Crippen LogP contribution in [0.2, 0.25) is 0 Å². The highest BCUT2D eigenvalue weighted by molar-refractivity contribution is 5.80. The number of fused-ring (bicyclic) bond motifs is 1. The summed E-state index contributed by atoms with van der Waals surface area (Å²) < 4.78 is 17.5. The van der Waals surface area contributed by atoms with Crippen molar-refractivity contribution in [2.24, 2.45) is 0 Å². The number of methoxy groups -OCH3 is 1. The van der Waals surface area contributed by atoms with E-state index >= 15 is 0 Å². The van der Waals surface area contributed by atoms with Gasteiger partial charge >= 0.3 is 5.97 Å². The molecule has 1 saturated heterocycles. The first kappa shape index (κ1) is 22.9. The third-order valence-corrected chi connectivity index (χ3v) is 5.57. The molecule has 0 radical (unpaired) electrons. The number of benzene rings is 1. The molecule has 1 atom stereocenters. The average molecular weight is 457 g/mol. The monoisotopic (exact) mass is 456 g/mol. The molecule has 1 aromatic carbocycles. The van der Waals surface area contributed by atoms with Gasteiger partial charge in [0.2, 0.25) is 0 Å². The lowest BCUT2D eigenvalue weighted by atomic mass is 10.1. The van der Waals surface area contributed by atoms with E-state index in [-0.39, 0.29) is 24.8 Å². The van der Waals surface area contributed by atoms with Gasteiger partial charge < -0.3 is 19.2 Å². The van der Waals surface area contributed by atoms with Gasteiger partial charge in [0, 0.05) is 31.3 Å². The van der Waals surface area contributed by atoms with Crippen LogP contribution in [0.3, 0.4) is 0 Å². The first-order valence-corrected chi connectivity index (χ1v) is 11.0. The molecule has 1 N–H and O–H groups in total. The number of aromatic amines is 1. The van der Waals surface area contributed by atoms with Crippen LogP contribution in [-0.4, -0.2) is 69.0 Å². The second-order valence-corrected chi connectivity index (χ2v) is 7.94. The fourth-order valence-corrected chi connectivity index (χ4v) is 3.96. The van der Waals surface area contributed by atoms with Crippen molar-refractivity contribution in [2.75, 3.05) is 26.9 Å². The predicted molar refractivity (Wildman–Crippen MR) is 119 cm³/mol. The Labute approximate surface area is 190 Å². The third kappa shape index (κ3) is 5.74. The maximum Gasteiger partial charge on any atom is 0.327 e. The van der Waals surface area contributed by atoms with Crippen LogP contribution in [0.5, 0.6) is 5.75 Å². The zero-order valence-corrected chi connectivity index (χ0v) is 18.8. The SMILES string of the molecule is CCOC(=O)Cn1nnnc1CN(Cc1cc2ccc(OC)cc2[nH]c1=O)CC1CCCO1. The van der Waals surface area contributed by atoms with E-state index in [4.69, 9.17) is 14.2 Å². The quantitative estimate of drug-likeness (QED) is 0.449. The fourth-order valence-electron chi connectivity index (χ4n) is 3.96. The Kier molecular flexibility index (Phi) is 7.30. The van der Waals surface area contributed by atoms with Crippen molar-refractivity contribution in [3.8, 4) is 5.75 Å². The number of nitrogens with zero attached hydrogens (tertiary/aromatic N) is 5. The Morgan fingerprint density at radius 1 is 1.33 bits per heavy atom. The Hall–Kier alpha value is -3.31. The molecule has 11 nitrogen and oxygen atoms in total. The Morgan fingerprint density at radius 3 is 2.97 bits per heavy atom. The molecule has 0 saturated carbocycles. The third-order valence-electron chi connectivity index (χ3n) is 5.57. The summed E-state index contributed by atoms with van der Waals surface area (Å²) in [5.74, 6) is 0.792. The molecule has 11 heteroatoms. The first-order chi connectivity index (χ1) is 16.1. The summed E-state index contributed by atoms with van der Waals surface area (Å²) >= 11 is 0. The number of nitrogens with one attached hydrogen (secondary N) is 1. The normalized spacial score (nSPS) is 15.9. The molecule has 0 aliphatic carbocycles. The molecule has 0 amide bonds. The molecule has 2 aromatic heterocycles. The number of ether oxygens (including phenoxy) is 3. The van der Waals surface area contributed by atoms with E-state index in [1.807, 2.05) is 18.2 Å². The molecule has 1 unspecified atom stereocenters. The zero-order valence-electron chi connectivity index (χ0n) is 18.8. The van der Waals surface area contributed by atoms with E-state index in [0.717, 1.165) is 24.8 Å². The molecule has 3 aromatic rings. The highest BCUT2D eigenvalue weighted by atomic mass is 16.5. The minimum absolute atomic E-state index is 0.0671. The van der Waals surface area contributed by atoms with Crippen LogP contribution in [-0.2, 0) is 33.9 Å². The number of tetrazole rings is 1. The molecule has 1 aliphatic rings. The van der Waals surface area contributed by atoms with Gasteiger partial charge in [0.15, 0.2) is 5.82 Å². The fraction of sp³-hybridized carbons (Fsp3) is 0.500. The number of esters is 1. The maximum atomic E-state index is 12.8. The van der Waals surface area contributed by atoms with E-state index in [2.05, 4.69) is 25.4 Å². The minimum atomic E-state index is -0.405. The van der Waals surface area contributed by atoms with Gasteiger partial charge in [-0.2, -0.15) is 0 Å². The number of carbonyl (C=O) groups is 1. The number of H-pyrrole nitrogens is 1. The van der Waals surface area contributed by atoms with Gasteiger partial charge in [-0.1, -0.05) is 0 Å². The van der Waals surface area contributed by atoms with Gasteiger partial charge in [0.05, 0.1) is 31.9 Å². The van der Waals surface area contributed by atoms with Crippen molar-refractivity contribution in [2.45, 2.75) is 45.5 Å². The van der Waals surface area contributed by atoms with Crippen LogP contribution in [0.4, 0.5) is 0 Å². The van der Waals surface area contributed by atoms with Crippen LogP contribution < -0.4 is 10.3 Å². The topological polar surface area (TPSA) is 124 Å². The van der Waals surface area contributed by atoms with Crippen molar-refractivity contribution in [3.05, 3.63) is 46.0 Å². The van der Waals surface area contributed by atoms with Crippen molar-refractivity contribution < 1.29 is 19.0 Å². The second-order valence-electron chi connectivity index (χ2n) is 7.94. The van der Waals surface area contributed by atoms with Crippen LogP contribution in [0.15, 0.2) is 29.1 Å². The van der Waals surface area contributed by atoms with Crippen LogP contribution in [0.1, 0.15) is 31.2 Å². The lowest BCUT2D eigenvalue weighted by molar-refractivity contribution is -0.144. The molecule has 1 aliphatic heterocycles. The maximum absolute atomic E-state index is 12.8. The van der Waals surface area contributed by atoms with Gasteiger partial charge in [-0.05, 0) is 53.8 Å². The summed E-state index contributed by atoms with van der Waals surface area (Å²) in [4.78, 5) is 29.8. The largest absolute Gasteiger partial charge is 0.497 e. The van der Waals surface area contributed by atoms with E-state index in [1.54, 1.807) is 20.1 Å². The average Bonchev–Trinajstić information content (AvgIpc) is 3.46. The van der Waals surface area contributed by atoms with E-state index < -0.39 is 5.97 Å². The minimum Gasteiger partial charge on any atom is -0.497 e. The molecule has 0 bridgehead atoms. The summed E-state index contributed by atoms with van der Waals surface area (Å²) in [6.45, 7) is 4.05. The van der Waals surface area contributed by atoms with Crippen molar-refractivity contribution >= 4 is 16.9 Å². The Morgan fingerprint density at radius 2 is 2.21 bits per heavy atom. The number of pyridine rings is 1. The predicted octanol–water partition coefficient (Wildman–Crippen LogP) is 1.27. The number of hydrogen-bond acceptors (Lipinski definition) is 9. The molecule has 1 fully saturated rings. The number of aromatic nitrogens is 5. The molecule has 33 heavy (non-hydrogen) atoms. The molecular formula is C22H28N6O5. The highest BCUT2D eigenvalue weighted by Crippen LogP contribution is 2.20. The van der Waals surface area contributed by atoms with Gasteiger partial charge in [0.1, 0.15) is 12.3 Å². The first-order valence-electron chi connectivity index (χ1n) is 11.0. The number of hydrogen-bond donors (Lipinski definition) is 1. The van der Waals surface area contributed by atoms with Gasteiger partial charge in [-0.25, -0.2) is 4.68 Å². The molecular weight excluding hydrogens is 428 g/mol. The lowest BCUT2D eigenvalue weighted by Gasteiger charge is -2.24.